The molecule has 0 bridgehead atoms. The fraction of sp³-hybridized carbons (Fsp3) is 0.545. The Kier molecular flexibility index (Phi) is 7.48. The fourth-order valence-corrected chi connectivity index (χ4v) is 3.55. The van der Waals surface area contributed by atoms with Crippen molar-refractivity contribution in [1.29, 1.82) is 0 Å². The smallest absolute Gasteiger partial charge is 0.225 e. The number of aromatic nitrogens is 2. The summed E-state index contributed by atoms with van der Waals surface area (Å²) in [5.74, 6) is 1.51. The number of likely N-dealkylation sites (tertiary alicyclic amines) is 1. The van der Waals surface area contributed by atoms with Crippen LogP contribution in [-0.2, 0) is 4.79 Å². The number of hydrogen-bond acceptors (Lipinski definition) is 4. The molecule has 28 heavy (non-hydrogen) atoms. The zero-order valence-electron chi connectivity index (χ0n) is 17.0. The van der Waals surface area contributed by atoms with Gasteiger partial charge in [0.1, 0.15) is 11.6 Å². The van der Waals surface area contributed by atoms with E-state index in [0.29, 0.717) is 12.2 Å². The molecule has 0 radical (unpaired) electrons. The molecule has 1 amide bonds. The van der Waals surface area contributed by atoms with Crippen molar-refractivity contribution in [3.05, 3.63) is 30.3 Å². The minimum absolute atomic E-state index is 0.0331. The lowest BCUT2D eigenvalue weighted by atomic mass is 10.1. The summed E-state index contributed by atoms with van der Waals surface area (Å²) >= 11 is 0. The van der Waals surface area contributed by atoms with Crippen LogP contribution in [0.15, 0.2) is 30.3 Å². The highest BCUT2D eigenvalue weighted by atomic mass is 16.5. The summed E-state index contributed by atoms with van der Waals surface area (Å²) in [5.41, 5.74) is 1.78. The van der Waals surface area contributed by atoms with Crippen LogP contribution in [0.1, 0.15) is 52.4 Å². The van der Waals surface area contributed by atoms with Gasteiger partial charge in [-0.15, -0.1) is 0 Å². The van der Waals surface area contributed by atoms with Crippen LogP contribution in [0.5, 0.6) is 5.75 Å². The quantitative estimate of drug-likeness (QED) is 0.705. The van der Waals surface area contributed by atoms with Gasteiger partial charge in [0.2, 0.25) is 5.91 Å². The molecule has 0 aliphatic carbocycles. The second-order valence-corrected chi connectivity index (χ2v) is 7.77. The third kappa shape index (κ3) is 6.37. The minimum atomic E-state index is 0.0331. The van der Waals surface area contributed by atoms with Gasteiger partial charge in [-0.3, -0.25) is 9.89 Å². The Hall–Kier alpha value is -2.34. The zero-order chi connectivity index (χ0) is 19.8. The number of ether oxygens (including phenoxy) is 1. The van der Waals surface area contributed by atoms with E-state index in [1.807, 2.05) is 44.2 Å². The molecule has 0 saturated carbocycles. The minimum Gasteiger partial charge on any atom is -0.491 e. The first kappa shape index (κ1) is 20.4. The maximum absolute atomic E-state index is 12.2. The number of anilines is 1. The Balaban J connectivity index is 1.45. The number of H-pyrrole nitrogens is 1. The van der Waals surface area contributed by atoms with E-state index in [0.717, 1.165) is 30.0 Å². The van der Waals surface area contributed by atoms with Gasteiger partial charge in [-0.1, -0.05) is 12.8 Å². The van der Waals surface area contributed by atoms with Crippen molar-refractivity contribution in [2.24, 2.45) is 0 Å². The zero-order valence-corrected chi connectivity index (χ0v) is 17.0. The number of nitrogens with one attached hydrogen (secondary N) is 2. The summed E-state index contributed by atoms with van der Waals surface area (Å²) < 4.78 is 5.66. The predicted molar refractivity (Wildman–Crippen MR) is 113 cm³/mol. The van der Waals surface area contributed by atoms with Crippen molar-refractivity contribution in [1.82, 2.24) is 15.1 Å². The monoisotopic (exact) mass is 384 g/mol. The van der Waals surface area contributed by atoms with Gasteiger partial charge in [-0.05, 0) is 77.0 Å². The van der Waals surface area contributed by atoms with Gasteiger partial charge in [0.05, 0.1) is 11.8 Å². The second kappa shape index (κ2) is 10.3. The number of carbonyl (C=O) groups excluding carboxylic acids is 1. The number of nitrogens with zero attached hydrogens (tertiary/aromatic N) is 2. The molecule has 3 rings (SSSR count). The number of aromatic amines is 1. The van der Waals surface area contributed by atoms with E-state index in [2.05, 4.69) is 20.4 Å². The van der Waals surface area contributed by atoms with Gasteiger partial charge in [0.15, 0.2) is 0 Å². The first-order valence-electron chi connectivity index (χ1n) is 10.4. The topological polar surface area (TPSA) is 70.2 Å². The highest BCUT2D eigenvalue weighted by molar-refractivity contribution is 5.90. The largest absolute Gasteiger partial charge is 0.491 e. The molecule has 0 spiro atoms. The predicted octanol–water partition coefficient (Wildman–Crippen LogP) is 4.46. The Morgan fingerprint density at radius 3 is 2.57 bits per heavy atom. The Bertz CT molecular complexity index is 731. The number of amides is 1. The average Bonchev–Trinajstić information content (AvgIpc) is 2.96. The lowest BCUT2D eigenvalue weighted by molar-refractivity contribution is -0.116. The van der Waals surface area contributed by atoms with Crippen LogP contribution in [0, 0.1) is 0 Å². The van der Waals surface area contributed by atoms with Crippen LogP contribution >= 0.6 is 0 Å². The van der Waals surface area contributed by atoms with Crippen molar-refractivity contribution >= 4 is 11.7 Å². The van der Waals surface area contributed by atoms with Gasteiger partial charge in [-0.2, -0.15) is 5.10 Å². The average molecular weight is 385 g/mol. The summed E-state index contributed by atoms with van der Waals surface area (Å²) in [5, 5.41) is 10.1. The summed E-state index contributed by atoms with van der Waals surface area (Å²) in [6.45, 7) is 7.36. The molecule has 1 fully saturated rings. The van der Waals surface area contributed by atoms with E-state index in [-0.39, 0.29) is 12.0 Å². The molecular formula is C22H32N4O2. The molecular weight excluding hydrogens is 352 g/mol. The Labute approximate surface area is 167 Å². The van der Waals surface area contributed by atoms with E-state index in [9.17, 15) is 4.79 Å². The van der Waals surface area contributed by atoms with Gasteiger partial charge in [0, 0.05) is 18.1 Å². The van der Waals surface area contributed by atoms with E-state index in [4.69, 9.17) is 4.74 Å². The second-order valence-electron chi connectivity index (χ2n) is 7.77. The molecule has 6 heteroatoms. The molecule has 1 saturated heterocycles. The Morgan fingerprint density at radius 1 is 1.18 bits per heavy atom. The molecule has 1 aliphatic heterocycles. The highest BCUT2D eigenvalue weighted by Gasteiger charge is 2.11. The maximum Gasteiger partial charge on any atom is 0.225 e. The number of rotatable bonds is 8. The van der Waals surface area contributed by atoms with E-state index < -0.39 is 0 Å². The summed E-state index contributed by atoms with van der Waals surface area (Å²) in [6.07, 6.45) is 6.83. The molecule has 1 aromatic carbocycles. The summed E-state index contributed by atoms with van der Waals surface area (Å²) in [6, 6.07) is 9.68. The molecule has 2 N–H and O–H groups in total. The third-order valence-corrected chi connectivity index (χ3v) is 4.95. The van der Waals surface area contributed by atoms with Gasteiger partial charge in [0.25, 0.3) is 0 Å². The maximum atomic E-state index is 12.2. The third-order valence-electron chi connectivity index (χ3n) is 4.95. The van der Waals surface area contributed by atoms with Gasteiger partial charge >= 0.3 is 0 Å². The molecule has 2 aromatic rings. The molecule has 0 atom stereocenters. The van der Waals surface area contributed by atoms with Crippen molar-refractivity contribution in [2.45, 2.75) is 58.5 Å². The van der Waals surface area contributed by atoms with Crippen LogP contribution in [0.4, 0.5) is 5.82 Å². The van der Waals surface area contributed by atoms with Crippen molar-refractivity contribution in [3.8, 4) is 17.0 Å². The number of hydrogen-bond donors (Lipinski definition) is 2. The molecule has 6 nitrogen and oxygen atoms in total. The fourth-order valence-electron chi connectivity index (χ4n) is 3.55. The van der Waals surface area contributed by atoms with Crippen LogP contribution in [-0.4, -0.2) is 46.7 Å². The van der Waals surface area contributed by atoms with Crippen LogP contribution in [0.3, 0.4) is 0 Å². The lowest BCUT2D eigenvalue weighted by Gasteiger charge is -2.19. The Morgan fingerprint density at radius 2 is 1.89 bits per heavy atom. The summed E-state index contributed by atoms with van der Waals surface area (Å²) in [4.78, 5) is 14.7. The first-order chi connectivity index (χ1) is 13.6. The highest BCUT2D eigenvalue weighted by Crippen LogP contribution is 2.23. The molecule has 152 valence electrons. The summed E-state index contributed by atoms with van der Waals surface area (Å²) in [7, 11) is 0. The van der Waals surface area contributed by atoms with Crippen LogP contribution < -0.4 is 10.1 Å². The molecule has 1 aromatic heterocycles. The van der Waals surface area contributed by atoms with Crippen molar-refractivity contribution in [2.75, 3.05) is 25.0 Å². The van der Waals surface area contributed by atoms with Crippen LogP contribution in [0.2, 0.25) is 0 Å². The number of benzene rings is 1. The van der Waals surface area contributed by atoms with E-state index in [1.165, 1.54) is 38.8 Å². The van der Waals surface area contributed by atoms with Gasteiger partial charge in [-0.25, -0.2) is 0 Å². The molecule has 2 heterocycles. The van der Waals surface area contributed by atoms with E-state index in [1.54, 1.807) is 0 Å². The lowest BCUT2D eigenvalue weighted by Crippen LogP contribution is -2.26. The molecule has 0 unspecified atom stereocenters. The van der Waals surface area contributed by atoms with Crippen molar-refractivity contribution in [3.63, 3.8) is 0 Å². The van der Waals surface area contributed by atoms with Gasteiger partial charge < -0.3 is 15.0 Å². The van der Waals surface area contributed by atoms with Crippen LogP contribution in [0.25, 0.3) is 11.3 Å². The molecule has 1 aliphatic rings. The normalized spacial score (nSPS) is 15.4. The number of carbonyl (C=O) groups is 1. The standard InChI is InChI=1S/C22H32N4O2/c1-17(2)28-19-11-9-18(10-12-19)20-16-21(25-24-20)23-22(27)8-7-15-26-13-5-3-4-6-14-26/h9-12,16-17H,3-8,13-15H2,1-2H3,(H2,23,24,25,27). The van der Waals surface area contributed by atoms with E-state index >= 15 is 0 Å². The SMILES string of the molecule is CC(C)Oc1ccc(-c2cc(NC(=O)CCCN3CCCCCC3)[nH]n2)cc1. The van der Waals surface area contributed by atoms with Crippen molar-refractivity contribution < 1.29 is 9.53 Å². The first-order valence-corrected chi connectivity index (χ1v) is 10.4.